The number of carbonyl (C=O) groups excluding carboxylic acids is 1. The van der Waals surface area contributed by atoms with E-state index in [0.29, 0.717) is 0 Å². The Morgan fingerprint density at radius 1 is 1.54 bits per heavy atom. The molecule has 0 saturated carbocycles. The highest BCUT2D eigenvalue weighted by Crippen LogP contribution is 2.34. The van der Waals surface area contributed by atoms with Crippen LogP contribution in [-0.4, -0.2) is 29.9 Å². The molecule has 0 unspecified atom stereocenters. The minimum Gasteiger partial charge on any atom is -0.272 e. The Morgan fingerprint density at radius 3 is 2.46 bits per heavy atom. The molecule has 0 aromatic rings. The maximum absolute atomic E-state index is 11.4. The Bertz CT molecular complexity index is 375. The van der Waals surface area contributed by atoms with Gasteiger partial charge in [0.2, 0.25) is 0 Å². The standard InChI is InChI=1S/C8H11NO3S/c1-4-5-6-9-7(10)8(2,3)13(9,11)12/h1H,5-6H2,2-3H3. The Labute approximate surface area is 78.0 Å². The van der Waals surface area contributed by atoms with E-state index in [1.807, 2.05) is 0 Å². The van der Waals surface area contributed by atoms with Gasteiger partial charge < -0.3 is 0 Å². The molecule has 72 valence electrons. The van der Waals surface area contributed by atoms with Crippen LogP contribution >= 0.6 is 0 Å². The van der Waals surface area contributed by atoms with Gasteiger partial charge in [0.15, 0.2) is 4.75 Å². The number of sulfonamides is 1. The Hall–Kier alpha value is -1.02. The van der Waals surface area contributed by atoms with Crippen LogP contribution in [0.4, 0.5) is 0 Å². The highest BCUT2D eigenvalue weighted by Gasteiger charge is 2.59. The molecule has 1 heterocycles. The van der Waals surface area contributed by atoms with Gasteiger partial charge in [0.1, 0.15) is 0 Å². The van der Waals surface area contributed by atoms with Gasteiger partial charge in [-0.15, -0.1) is 12.3 Å². The first kappa shape index (κ1) is 10.1. The average molecular weight is 201 g/mol. The van der Waals surface area contributed by atoms with Gasteiger partial charge in [0, 0.05) is 13.0 Å². The summed E-state index contributed by atoms with van der Waals surface area (Å²) >= 11 is 0. The summed E-state index contributed by atoms with van der Waals surface area (Å²) in [6, 6.07) is 0. The molecule has 0 bridgehead atoms. The first-order chi connectivity index (χ1) is 5.85. The monoisotopic (exact) mass is 201 g/mol. The van der Waals surface area contributed by atoms with Gasteiger partial charge in [-0.05, 0) is 13.8 Å². The molecule has 0 spiro atoms. The van der Waals surface area contributed by atoms with Crippen LogP contribution in [0.2, 0.25) is 0 Å². The van der Waals surface area contributed by atoms with Gasteiger partial charge in [-0.2, -0.15) is 0 Å². The van der Waals surface area contributed by atoms with Crippen LogP contribution in [0.1, 0.15) is 20.3 Å². The SMILES string of the molecule is C#CCCN1C(=O)C(C)(C)S1(=O)=O. The highest BCUT2D eigenvalue weighted by molar-refractivity contribution is 7.94. The molecular weight excluding hydrogens is 190 g/mol. The van der Waals surface area contributed by atoms with Crippen molar-refractivity contribution in [3.63, 3.8) is 0 Å². The third-order valence-electron chi connectivity index (χ3n) is 2.14. The van der Waals surface area contributed by atoms with Gasteiger partial charge in [-0.3, -0.25) is 4.79 Å². The average Bonchev–Trinajstić information content (AvgIpc) is 2.04. The van der Waals surface area contributed by atoms with Crippen molar-refractivity contribution in [1.82, 2.24) is 4.31 Å². The number of amides is 1. The van der Waals surface area contributed by atoms with E-state index in [4.69, 9.17) is 6.42 Å². The lowest BCUT2D eigenvalue weighted by Gasteiger charge is -2.42. The second-order valence-corrected chi connectivity index (χ2v) is 5.76. The summed E-state index contributed by atoms with van der Waals surface area (Å²) in [5.74, 6) is 1.92. The van der Waals surface area contributed by atoms with Gasteiger partial charge in [-0.25, -0.2) is 12.7 Å². The molecule has 0 atom stereocenters. The number of nitrogens with zero attached hydrogens (tertiary/aromatic N) is 1. The van der Waals surface area contributed by atoms with Crippen molar-refractivity contribution in [2.75, 3.05) is 6.54 Å². The summed E-state index contributed by atoms with van der Waals surface area (Å²) in [7, 11) is -3.43. The number of rotatable bonds is 2. The molecule has 1 rings (SSSR count). The smallest absolute Gasteiger partial charge is 0.258 e. The predicted octanol–water partition coefficient (Wildman–Crippen LogP) is -0.0397. The van der Waals surface area contributed by atoms with Crippen LogP contribution in [0.3, 0.4) is 0 Å². The molecular formula is C8H11NO3S. The van der Waals surface area contributed by atoms with Crippen molar-refractivity contribution >= 4 is 15.9 Å². The topological polar surface area (TPSA) is 54.5 Å². The number of carbonyl (C=O) groups is 1. The largest absolute Gasteiger partial charge is 0.272 e. The zero-order valence-corrected chi connectivity index (χ0v) is 8.39. The van der Waals surface area contributed by atoms with Crippen LogP contribution in [0, 0.1) is 12.3 Å². The van der Waals surface area contributed by atoms with E-state index < -0.39 is 14.8 Å². The third kappa shape index (κ3) is 1.13. The van der Waals surface area contributed by atoms with Crippen LogP contribution in [0.5, 0.6) is 0 Å². The van der Waals surface area contributed by atoms with E-state index in [1.54, 1.807) is 0 Å². The summed E-state index contributed by atoms with van der Waals surface area (Å²) in [6.07, 6.45) is 5.24. The second-order valence-electron chi connectivity index (χ2n) is 3.35. The molecule has 13 heavy (non-hydrogen) atoms. The minimum atomic E-state index is -3.43. The first-order valence-electron chi connectivity index (χ1n) is 3.86. The number of hydrogen-bond donors (Lipinski definition) is 0. The van der Waals surface area contributed by atoms with Crippen LogP contribution in [0.15, 0.2) is 0 Å². The number of terminal acetylenes is 1. The summed E-state index contributed by atoms with van der Waals surface area (Å²) in [5, 5.41) is 0. The molecule has 0 N–H and O–H groups in total. The van der Waals surface area contributed by atoms with Crippen LogP contribution in [0.25, 0.3) is 0 Å². The van der Waals surface area contributed by atoms with Crippen molar-refractivity contribution in [1.29, 1.82) is 0 Å². The van der Waals surface area contributed by atoms with Gasteiger partial charge in [0.05, 0.1) is 0 Å². The Balaban J connectivity index is 2.85. The van der Waals surface area contributed by atoms with Crippen molar-refractivity contribution in [3.8, 4) is 12.3 Å². The fourth-order valence-corrected chi connectivity index (χ4v) is 2.67. The van der Waals surface area contributed by atoms with Gasteiger partial charge >= 0.3 is 0 Å². The molecule has 4 nitrogen and oxygen atoms in total. The molecule has 1 aliphatic rings. The summed E-state index contributed by atoms with van der Waals surface area (Å²) in [4.78, 5) is 11.3. The minimum absolute atomic E-state index is 0.0983. The second kappa shape index (κ2) is 2.74. The van der Waals surface area contributed by atoms with E-state index in [-0.39, 0.29) is 18.9 Å². The maximum atomic E-state index is 11.4. The van der Waals surface area contributed by atoms with E-state index in [9.17, 15) is 13.2 Å². The van der Waals surface area contributed by atoms with Crippen molar-refractivity contribution < 1.29 is 13.2 Å². The predicted molar refractivity (Wildman–Crippen MR) is 48.2 cm³/mol. The van der Waals surface area contributed by atoms with Crippen LogP contribution in [-0.2, 0) is 14.8 Å². The van der Waals surface area contributed by atoms with E-state index >= 15 is 0 Å². The zero-order chi connectivity index (χ0) is 10.3. The lowest BCUT2D eigenvalue weighted by Crippen LogP contribution is -2.67. The van der Waals surface area contributed by atoms with Crippen LogP contribution < -0.4 is 0 Å². The summed E-state index contributed by atoms with van der Waals surface area (Å²) in [5.41, 5.74) is 0. The molecule has 0 aliphatic carbocycles. The first-order valence-corrected chi connectivity index (χ1v) is 5.30. The molecule has 0 aromatic heterocycles. The van der Waals surface area contributed by atoms with Gasteiger partial charge in [-0.1, -0.05) is 0 Å². The quantitative estimate of drug-likeness (QED) is 0.589. The van der Waals surface area contributed by atoms with Crippen molar-refractivity contribution in [2.24, 2.45) is 0 Å². The molecule has 1 saturated heterocycles. The van der Waals surface area contributed by atoms with E-state index in [2.05, 4.69) is 5.92 Å². The maximum Gasteiger partial charge on any atom is 0.258 e. The molecule has 0 aromatic carbocycles. The normalized spacial score (nSPS) is 23.5. The third-order valence-corrected chi connectivity index (χ3v) is 4.53. The molecule has 1 aliphatic heterocycles. The molecule has 1 fully saturated rings. The highest BCUT2D eigenvalue weighted by atomic mass is 32.2. The zero-order valence-electron chi connectivity index (χ0n) is 7.57. The van der Waals surface area contributed by atoms with E-state index in [1.165, 1.54) is 13.8 Å². The van der Waals surface area contributed by atoms with E-state index in [0.717, 1.165) is 4.31 Å². The molecule has 5 heteroatoms. The number of hydrogen-bond acceptors (Lipinski definition) is 3. The Kier molecular flexibility index (Phi) is 2.12. The van der Waals surface area contributed by atoms with Crippen molar-refractivity contribution in [2.45, 2.75) is 25.0 Å². The lowest BCUT2D eigenvalue weighted by atomic mass is 10.2. The lowest BCUT2D eigenvalue weighted by molar-refractivity contribution is -0.132. The fourth-order valence-electron chi connectivity index (χ4n) is 1.14. The Morgan fingerprint density at radius 2 is 2.08 bits per heavy atom. The fraction of sp³-hybridized carbons (Fsp3) is 0.625. The molecule has 0 radical (unpaired) electrons. The van der Waals surface area contributed by atoms with Gasteiger partial charge in [0.25, 0.3) is 15.9 Å². The summed E-state index contributed by atoms with van der Waals surface area (Å²) in [6.45, 7) is 2.90. The summed E-state index contributed by atoms with van der Waals surface area (Å²) < 4.78 is 22.4. The van der Waals surface area contributed by atoms with Crippen molar-refractivity contribution in [3.05, 3.63) is 0 Å². The molecule has 1 amide bonds.